The molecule has 1 heterocycles. The molecule has 7 heteroatoms. The molecule has 1 aromatic heterocycles. The molecule has 2 aromatic rings. The van der Waals surface area contributed by atoms with Gasteiger partial charge in [0, 0.05) is 10.9 Å². The number of aryl methyl sites for hydroxylation is 2. The predicted molar refractivity (Wildman–Crippen MR) is 84.5 cm³/mol. The van der Waals surface area contributed by atoms with Gasteiger partial charge in [0.1, 0.15) is 5.75 Å². The summed E-state index contributed by atoms with van der Waals surface area (Å²) in [6.45, 7) is 5.74. The molecular weight excluding hydrogens is 304 g/mol. The van der Waals surface area contributed by atoms with Gasteiger partial charge in [-0.1, -0.05) is 6.07 Å². The van der Waals surface area contributed by atoms with E-state index in [4.69, 9.17) is 0 Å². The van der Waals surface area contributed by atoms with Gasteiger partial charge in [0.05, 0.1) is 17.8 Å². The third kappa shape index (κ3) is 4.85. The highest BCUT2D eigenvalue weighted by Crippen LogP contribution is 2.32. The first-order chi connectivity index (χ1) is 10.4. The van der Waals surface area contributed by atoms with Crippen molar-refractivity contribution >= 4 is 23.2 Å². The highest BCUT2D eigenvalue weighted by molar-refractivity contribution is 7.07. The smallest absolute Gasteiger partial charge is 0.396 e. The van der Waals surface area contributed by atoms with Crippen LogP contribution in [-0.2, 0) is 14.3 Å². The number of nitrogens with two attached hydrogens (primary N) is 1. The highest BCUT2D eigenvalue weighted by atomic mass is 32.1. The third-order valence-electron chi connectivity index (χ3n) is 2.62. The first-order valence-corrected chi connectivity index (χ1v) is 7.46. The summed E-state index contributed by atoms with van der Waals surface area (Å²) in [6, 6.07) is 3.82. The molecule has 0 atom stereocenters. The largest absolute Gasteiger partial charge is 0.507 e. The average molecular weight is 322 g/mol. The van der Waals surface area contributed by atoms with Crippen LogP contribution < -0.4 is 5.73 Å². The van der Waals surface area contributed by atoms with Crippen LogP contribution in [0.1, 0.15) is 18.1 Å². The number of esters is 1. The van der Waals surface area contributed by atoms with E-state index in [1.807, 2.05) is 19.2 Å². The maximum atomic E-state index is 10.0. The van der Waals surface area contributed by atoms with Crippen molar-refractivity contribution in [2.45, 2.75) is 20.8 Å². The number of ether oxygens (including phenoxy) is 1. The van der Waals surface area contributed by atoms with Crippen LogP contribution >= 0.6 is 11.3 Å². The molecule has 6 nitrogen and oxygen atoms in total. The number of aromatic nitrogens is 1. The summed E-state index contributed by atoms with van der Waals surface area (Å²) < 4.78 is 4.19. The standard InChI is InChI=1S/C11H11NOS.C4H7NO3/c1-7-3-8(2)11(10(13)4-7)9-5-14-6-12-9;1-2-8-4(7)3(5)6/h3-6,13H,1-2H3;2H2,1H3,(H2,5,6). The van der Waals surface area contributed by atoms with E-state index in [1.54, 1.807) is 18.5 Å². The fourth-order valence-corrected chi connectivity index (χ4v) is 2.36. The van der Waals surface area contributed by atoms with Crippen molar-refractivity contribution in [2.24, 2.45) is 5.73 Å². The number of phenolic OH excluding ortho intramolecular Hbond substituents is 1. The molecule has 1 amide bonds. The average Bonchev–Trinajstić information content (AvgIpc) is 2.92. The molecule has 0 spiro atoms. The number of phenols is 1. The summed E-state index contributed by atoms with van der Waals surface area (Å²) in [5.41, 5.74) is 10.1. The topological polar surface area (TPSA) is 103 Å². The fraction of sp³-hybridized carbons (Fsp3) is 0.267. The van der Waals surface area contributed by atoms with Gasteiger partial charge in [-0.2, -0.15) is 0 Å². The Morgan fingerprint density at radius 2 is 2.05 bits per heavy atom. The van der Waals surface area contributed by atoms with Crippen molar-refractivity contribution in [2.75, 3.05) is 6.61 Å². The van der Waals surface area contributed by atoms with E-state index in [2.05, 4.69) is 21.5 Å². The second kappa shape index (κ2) is 8.14. The molecule has 0 fully saturated rings. The second-order valence-corrected chi connectivity index (χ2v) is 5.15. The molecule has 0 aliphatic rings. The van der Waals surface area contributed by atoms with Crippen LogP contribution in [0.25, 0.3) is 11.3 Å². The van der Waals surface area contributed by atoms with E-state index in [0.717, 1.165) is 22.4 Å². The van der Waals surface area contributed by atoms with Gasteiger partial charge in [0.25, 0.3) is 0 Å². The van der Waals surface area contributed by atoms with Gasteiger partial charge >= 0.3 is 11.9 Å². The Balaban J connectivity index is 0.000000261. The summed E-state index contributed by atoms with van der Waals surface area (Å²) in [4.78, 5) is 24.1. The number of aromatic hydroxyl groups is 1. The number of primary amides is 1. The van der Waals surface area contributed by atoms with Crippen molar-refractivity contribution < 1.29 is 19.4 Å². The van der Waals surface area contributed by atoms with Crippen LogP contribution in [-0.4, -0.2) is 28.6 Å². The van der Waals surface area contributed by atoms with Crippen molar-refractivity contribution in [3.63, 3.8) is 0 Å². The third-order valence-corrected chi connectivity index (χ3v) is 3.21. The van der Waals surface area contributed by atoms with E-state index < -0.39 is 11.9 Å². The Bertz CT molecular complexity index is 631. The molecule has 0 radical (unpaired) electrons. The minimum atomic E-state index is -1.05. The van der Waals surface area contributed by atoms with E-state index in [1.165, 1.54) is 11.3 Å². The Morgan fingerprint density at radius 3 is 2.45 bits per heavy atom. The number of carbonyl (C=O) groups is 2. The zero-order valence-corrected chi connectivity index (χ0v) is 13.4. The maximum absolute atomic E-state index is 10.0. The second-order valence-electron chi connectivity index (χ2n) is 4.43. The maximum Gasteiger partial charge on any atom is 0.396 e. The van der Waals surface area contributed by atoms with Crippen molar-refractivity contribution in [1.82, 2.24) is 4.98 Å². The Labute approximate surface area is 132 Å². The van der Waals surface area contributed by atoms with Gasteiger partial charge in [-0.15, -0.1) is 11.3 Å². The minimum absolute atomic E-state index is 0.182. The molecule has 0 saturated heterocycles. The molecule has 0 saturated carbocycles. The van der Waals surface area contributed by atoms with Gasteiger partial charge in [0.2, 0.25) is 0 Å². The van der Waals surface area contributed by atoms with Gasteiger partial charge in [-0.25, -0.2) is 9.78 Å². The molecule has 0 unspecified atom stereocenters. The lowest BCUT2D eigenvalue weighted by atomic mass is 10.0. The van der Waals surface area contributed by atoms with Crippen molar-refractivity contribution in [1.29, 1.82) is 0 Å². The van der Waals surface area contributed by atoms with Crippen LogP contribution in [0, 0.1) is 13.8 Å². The SMILES string of the molecule is CCOC(=O)C(N)=O.Cc1cc(C)c(-c2cscn2)c(O)c1. The van der Waals surface area contributed by atoms with Crippen molar-refractivity contribution in [3.8, 4) is 17.0 Å². The molecule has 2 rings (SSSR count). The zero-order valence-electron chi connectivity index (χ0n) is 12.6. The lowest BCUT2D eigenvalue weighted by Gasteiger charge is -2.06. The quantitative estimate of drug-likeness (QED) is 0.651. The number of rotatable bonds is 2. The number of nitrogens with zero attached hydrogens (tertiary/aromatic N) is 1. The Hall–Kier alpha value is -2.41. The number of amides is 1. The van der Waals surface area contributed by atoms with Gasteiger partial charge in [-0.05, 0) is 38.0 Å². The summed E-state index contributed by atoms with van der Waals surface area (Å²) in [7, 11) is 0. The summed E-state index contributed by atoms with van der Waals surface area (Å²) in [5, 5.41) is 11.8. The number of thiazole rings is 1. The van der Waals surface area contributed by atoms with Gasteiger partial charge < -0.3 is 15.6 Å². The fourth-order valence-electron chi connectivity index (χ4n) is 1.82. The van der Waals surface area contributed by atoms with E-state index in [0.29, 0.717) is 5.75 Å². The number of hydrogen-bond donors (Lipinski definition) is 2. The number of carbonyl (C=O) groups excluding carboxylic acids is 2. The van der Waals surface area contributed by atoms with Crippen LogP contribution in [0.4, 0.5) is 0 Å². The highest BCUT2D eigenvalue weighted by Gasteiger charge is 2.09. The molecular formula is C15H18N2O4S. The van der Waals surface area contributed by atoms with Crippen LogP contribution in [0.3, 0.4) is 0 Å². The van der Waals surface area contributed by atoms with Gasteiger partial charge in [0.15, 0.2) is 0 Å². The van der Waals surface area contributed by atoms with E-state index in [9.17, 15) is 14.7 Å². The van der Waals surface area contributed by atoms with Gasteiger partial charge in [-0.3, -0.25) is 4.79 Å². The minimum Gasteiger partial charge on any atom is -0.507 e. The predicted octanol–water partition coefficient (Wildman–Crippen LogP) is 2.17. The normalized spacial score (nSPS) is 9.59. The Kier molecular flexibility index (Phi) is 6.52. The molecule has 0 aliphatic carbocycles. The van der Waals surface area contributed by atoms with Crippen LogP contribution in [0.2, 0.25) is 0 Å². The molecule has 118 valence electrons. The first-order valence-electron chi connectivity index (χ1n) is 6.52. The summed E-state index contributed by atoms with van der Waals surface area (Å²) >= 11 is 1.53. The van der Waals surface area contributed by atoms with Crippen LogP contribution in [0.15, 0.2) is 23.0 Å². The molecule has 0 bridgehead atoms. The molecule has 1 aromatic carbocycles. The van der Waals surface area contributed by atoms with Crippen LogP contribution in [0.5, 0.6) is 5.75 Å². The lowest BCUT2D eigenvalue weighted by Crippen LogP contribution is -2.25. The molecule has 3 N–H and O–H groups in total. The summed E-state index contributed by atoms with van der Waals surface area (Å²) in [5.74, 6) is -1.72. The molecule has 22 heavy (non-hydrogen) atoms. The van der Waals surface area contributed by atoms with E-state index >= 15 is 0 Å². The Morgan fingerprint density at radius 1 is 1.36 bits per heavy atom. The lowest BCUT2D eigenvalue weighted by molar-refractivity contribution is -0.153. The number of hydrogen-bond acceptors (Lipinski definition) is 6. The zero-order chi connectivity index (χ0) is 16.7. The monoisotopic (exact) mass is 322 g/mol. The summed E-state index contributed by atoms with van der Waals surface area (Å²) in [6.07, 6.45) is 0. The number of benzene rings is 1. The first kappa shape index (κ1) is 17.6. The van der Waals surface area contributed by atoms with Crippen molar-refractivity contribution in [3.05, 3.63) is 34.2 Å². The van der Waals surface area contributed by atoms with E-state index in [-0.39, 0.29) is 6.61 Å². The molecule has 0 aliphatic heterocycles.